The summed E-state index contributed by atoms with van der Waals surface area (Å²) in [6, 6.07) is 4.02. The van der Waals surface area contributed by atoms with E-state index in [0.717, 1.165) is 18.5 Å². The lowest BCUT2D eigenvalue weighted by molar-refractivity contribution is 0.297. The fraction of sp³-hybridized carbons (Fsp3) is 0.308. The van der Waals surface area contributed by atoms with Gasteiger partial charge in [0.2, 0.25) is 5.88 Å². The van der Waals surface area contributed by atoms with E-state index in [1.165, 1.54) is 5.56 Å². The average molecular weight is 264 g/mol. The van der Waals surface area contributed by atoms with Crippen molar-refractivity contribution in [3.05, 3.63) is 48.2 Å². The monoisotopic (exact) mass is 263 g/mol. The van der Waals surface area contributed by atoms with Gasteiger partial charge in [-0.05, 0) is 30.5 Å². The topological polar surface area (TPSA) is 47.9 Å². The van der Waals surface area contributed by atoms with Crippen LogP contribution >= 0.6 is 11.6 Å². The second kappa shape index (κ2) is 6.91. The van der Waals surface area contributed by atoms with Gasteiger partial charge in [-0.3, -0.25) is 9.97 Å². The lowest BCUT2D eigenvalue weighted by Gasteiger charge is -2.05. The van der Waals surface area contributed by atoms with Gasteiger partial charge in [-0.2, -0.15) is 0 Å². The minimum Gasteiger partial charge on any atom is -0.477 e. The SMILES string of the molecule is ClCc1cncc(OCCCc2ccncc2)n1. The Morgan fingerprint density at radius 1 is 1.11 bits per heavy atom. The maximum atomic E-state index is 5.68. The molecule has 0 bridgehead atoms. The van der Waals surface area contributed by atoms with Crippen LogP contribution in [0, 0.1) is 0 Å². The molecule has 2 aromatic heterocycles. The number of hydrogen-bond acceptors (Lipinski definition) is 4. The van der Waals surface area contributed by atoms with Crippen LogP contribution in [0.2, 0.25) is 0 Å². The first-order chi connectivity index (χ1) is 8.88. The molecule has 4 nitrogen and oxygen atoms in total. The van der Waals surface area contributed by atoms with E-state index < -0.39 is 0 Å². The van der Waals surface area contributed by atoms with E-state index in [4.69, 9.17) is 16.3 Å². The third kappa shape index (κ3) is 3.96. The summed E-state index contributed by atoms with van der Waals surface area (Å²) in [5.41, 5.74) is 1.98. The Morgan fingerprint density at radius 2 is 1.94 bits per heavy atom. The molecule has 0 N–H and O–H groups in total. The Bertz CT molecular complexity index is 479. The van der Waals surface area contributed by atoms with Crippen molar-refractivity contribution in [3.63, 3.8) is 0 Å². The number of alkyl halides is 1. The summed E-state index contributed by atoms with van der Waals surface area (Å²) in [6.07, 6.45) is 8.72. The number of ether oxygens (including phenoxy) is 1. The minimum absolute atomic E-state index is 0.348. The van der Waals surface area contributed by atoms with Crippen molar-refractivity contribution in [2.45, 2.75) is 18.7 Å². The molecule has 0 aliphatic heterocycles. The molecular formula is C13H14ClN3O. The zero-order valence-electron chi connectivity index (χ0n) is 9.92. The molecule has 2 aromatic rings. The molecule has 0 unspecified atom stereocenters. The van der Waals surface area contributed by atoms with Crippen molar-refractivity contribution < 1.29 is 4.74 Å². The highest BCUT2D eigenvalue weighted by molar-refractivity contribution is 6.16. The number of hydrogen-bond donors (Lipinski definition) is 0. The summed E-state index contributed by atoms with van der Waals surface area (Å²) in [7, 11) is 0. The molecule has 0 atom stereocenters. The molecular weight excluding hydrogens is 250 g/mol. The molecule has 0 aliphatic rings. The van der Waals surface area contributed by atoms with Crippen molar-refractivity contribution in [1.29, 1.82) is 0 Å². The normalized spacial score (nSPS) is 10.3. The van der Waals surface area contributed by atoms with Crippen LogP contribution in [0.5, 0.6) is 5.88 Å². The molecule has 0 aromatic carbocycles. The van der Waals surface area contributed by atoms with Crippen molar-refractivity contribution in [2.75, 3.05) is 6.61 Å². The average Bonchev–Trinajstić information content (AvgIpc) is 2.45. The van der Waals surface area contributed by atoms with Gasteiger partial charge in [0.25, 0.3) is 0 Å². The van der Waals surface area contributed by atoms with E-state index >= 15 is 0 Å². The van der Waals surface area contributed by atoms with Crippen LogP contribution in [0.1, 0.15) is 17.7 Å². The third-order valence-electron chi connectivity index (χ3n) is 2.41. The van der Waals surface area contributed by atoms with E-state index in [1.807, 2.05) is 12.1 Å². The van der Waals surface area contributed by atoms with Crippen molar-refractivity contribution >= 4 is 11.6 Å². The van der Waals surface area contributed by atoms with Gasteiger partial charge in [0, 0.05) is 18.6 Å². The van der Waals surface area contributed by atoms with Gasteiger partial charge in [-0.25, -0.2) is 4.98 Å². The summed E-state index contributed by atoms with van der Waals surface area (Å²) >= 11 is 5.68. The molecule has 0 saturated carbocycles. The zero-order chi connectivity index (χ0) is 12.6. The van der Waals surface area contributed by atoms with Gasteiger partial charge >= 0.3 is 0 Å². The van der Waals surface area contributed by atoms with E-state index in [1.54, 1.807) is 24.8 Å². The Labute approximate surface area is 111 Å². The number of pyridine rings is 1. The zero-order valence-corrected chi connectivity index (χ0v) is 10.7. The molecule has 5 heteroatoms. The van der Waals surface area contributed by atoms with Gasteiger partial charge in [-0.1, -0.05) is 0 Å². The van der Waals surface area contributed by atoms with Crippen LogP contribution in [-0.2, 0) is 12.3 Å². The number of aromatic nitrogens is 3. The molecule has 94 valence electrons. The van der Waals surface area contributed by atoms with Gasteiger partial charge in [0.15, 0.2) is 0 Å². The first-order valence-corrected chi connectivity index (χ1v) is 6.30. The first kappa shape index (κ1) is 12.8. The van der Waals surface area contributed by atoms with Crippen LogP contribution in [-0.4, -0.2) is 21.6 Å². The van der Waals surface area contributed by atoms with Crippen LogP contribution in [0.4, 0.5) is 0 Å². The van der Waals surface area contributed by atoms with E-state index in [2.05, 4.69) is 15.0 Å². The van der Waals surface area contributed by atoms with Crippen molar-refractivity contribution in [3.8, 4) is 5.88 Å². The Morgan fingerprint density at radius 3 is 2.72 bits per heavy atom. The maximum Gasteiger partial charge on any atom is 0.232 e. The molecule has 0 fully saturated rings. The number of nitrogens with zero attached hydrogens (tertiary/aromatic N) is 3. The second-order valence-corrected chi connectivity index (χ2v) is 4.06. The van der Waals surface area contributed by atoms with Crippen LogP contribution in [0.3, 0.4) is 0 Å². The summed E-state index contributed by atoms with van der Waals surface area (Å²) in [4.78, 5) is 12.2. The predicted molar refractivity (Wildman–Crippen MR) is 69.6 cm³/mol. The van der Waals surface area contributed by atoms with Gasteiger partial charge < -0.3 is 4.74 Å². The van der Waals surface area contributed by atoms with E-state index in [-0.39, 0.29) is 0 Å². The summed E-state index contributed by atoms with van der Waals surface area (Å²) in [5.74, 6) is 0.879. The van der Waals surface area contributed by atoms with E-state index in [0.29, 0.717) is 18.4 Å². The van der Waals surface area contributed by atoms with Crippen molar-refractivity contribution in [1.82, 2.24) is 15.0 Å². The fourth-order valence-electron chi connectivity index (χ4n) is 1.52. The molecule has 18 heavy (non-hydrogen) atoms. The first-order valence-electron chi connectivity index (χ1n) is 5.77. The van der Waals surface area contributed by atoms with Crippen molar-refractivity contribution in [2.24, 2.45) is 0 Å². The molecule has 0 aliphatic carbocycles. The molecule has 0 saturated heterocycles. The minimum atomic E-state index is 0.348. The van der Waals surface area contributed by atoms with Gasteiger partial charge in [0.05, 0.1) is 24.4 Å². The Hall–Kier alpha value is -1.68. The molecule has 2 heterocycles. The smallest absolute Gasteiger partial charge is 0.232 e. The highest BCUT2D eigenvalue weighted by atomic mass is 35.5. The third-order valence-corrected chi connectivity index (χ3v) is 2.68. The summed E-state index contributed by atoms with van der Waals surface area (Å²) in [6.45, 7) is 0.614. The number of halogens is 1. The fourth-order valence-corrected chi connectivity index (χ4v) is 1.65. The Kier molecular flexibility index (Phi) is 4.90. The van der Waals surface area contributed by atoms with Gasteiger partial charge in [-0.15, -0.1) is 11.6 Å². The number of aryl methyl sites for hydroxylation is 1. The van der Waals surface area contributed by atoms with Crippen LogP contribution in [0.25, 0.3) is 0 Å². The van der Waals surface area contributed by atoms with Crippen LogP contribution < -0.4 is 4.74 Å². The maximum absolute atomic E-state index is 5.68. The molecule has 0 amide bonds. The largest absolute Gasteiger partial charge is 0.477 e. The standard InChI is InChI=1S/C13H14ClN3O/c14-8-12-9-16-10-13(17-12)18-7-1-2-11-3-5-15-6-4-11/h3-6,9-10H,1-2,7-8H2. The lowest BCUT2D eigenvalue weighted by Crippen LogP contribution is -2.02. The Balaban J connectivity index is 1.75. The van der Waals surface area contributed by atoms with Crippen LogP contribution in [0.15, 0.2) is 36.9 Å². The molecule has 0 radical (unpaired) electrons. The molecule has 2 rings (SSSR count). The quantitative estimate of drug-likeness (QED) is 0.594. The predicted octanol–water partition coefficient (Wildman–Crippen LogP) is 2.62. The summed E-state index contributed by atoms with van der Waals surface area (Å²) in [5, 5.41) is 0. The molecule has 0 spiro atoms. The second-order valence-electron chi connectivity index (χ2n) is 3.79. The summed E-state index contributed by atoms with van der Waals surface area (Å²) < 4.78 is 5.52. The number of rotatable bonds is 6. The lowest BCUT2D eigenvalue weighted by atomic mass is 10.1. The van der Waals surface area contributed by atoms with Gasteiger partial charge in [0.1, 0.15) is 0 Å². The highest BCUT2D eigenvalue weighted by Gasteiger charge is 1.99. The highest BCUT2D eigenvalue weighted by Crippen LogP contribution is 2.08. The van der Waals surface area contributed by atoms with E-state index in [9.17, 15) is 0 Å².